The Bertz CT molecular complexity index is 134. The van der Waals surface area contributed by atoms with Crippen LogP contribution in [0.15, 0.2) is 0 Å². The quantitative estimate of drug-likeness (QED) is 0.487. The van der Waals surface area contributed by atoms with E-state index in [2.05, 4.69) is 5.32 Å². The zero-order chi connectivity index (χ0) is 8.91. The summed E-state index contributed by atoms with van der Waals surface area (Å²) in [6, 6.07) is 0. The highest BCUT2D eigenvalue weighted by Crippen LogP contribution is 2.10. The number of hydrogen-bond acceptors (Lipinski definition) is 3. The molecule has 0 saturated heterocycles. The van der Waals surface area contributed by atoms with Crippen molar-refractivity contribution in [3.8, 4) is 0 Å². The van der Waals surface area contributed by atoms with Gasteiger partial charge in [0.1, 0.15) is 0 Å². The van der Waals surface area contributed by atoms with Crippen molar-refractivity contribution in [2.75, 3.05) is 19.7 Å². The van der Waals surface area contributed by atoms with Crippen LogP contribution in [0.4, 0.5) is 0 Å². The van der Waals surface area contributed by atoms with Gasteiger partial charge >= 0.3 is 0 Å². The number of primary amides is 1. The Morgan fingerprint density at radius 3 is 2.55 bits per heavy atom. The van der Waals surface area contributed by atoms with Gasteiger partial charge in [-0.2, -0.15) is 0 Å². The number of nitrogens with one attached hydrogen (secondary N) is 1. The van der Waals surface area contributed by atoms with E-state index in [4.69, 9.17) is 10.8 Å². The minimum absolute atomic E-state index is 0.0960. The van der Waals surface area contributed by atoms with Crippen LogP contribution in [0.1, 0.15) is 13.8 Å². The van der Waals surface area contributed by atoms with Crippen LogP contribution in [-0.4, -0.2) is 30.7 Å². The fourth-order valence-electron chi connectivity index (χ4n) is 0.580. The second kappa shape index (κ2) is 4.31. The van der Waals surface area contributed by atoms with Crippen LogP contribution in [0.2, 0.25) is 0 Å². The van der Waals surface area contributed by atoms with Crippen LogP contribution in [0.5, 0.6) is 0 Å². The minimum atomic E-state index is -0.376. The number of aliphatic hydroxyl groups is 1. The first kappa shape index (κ1) is 10.4. The van der Waals surface area contributed by atoms with Crippen molar-refractivity contribution in [2.24, 2.45) is 11.1 Å². The summed E-state index contributed by atoms with van der Waals surface area (Å²) in [5, 5.41) is 11.6. The van der Waals surface area contributed by atoms with Gasteiger partial charge in [-0.05, 0) is 0 Å². The molecular formula is C7H16N2O2. The average molecular weight is 160 g/mol. The van der Waals surface area contributed by atoms with Gasteiger partial charge in [-0.1, -0.05) is 13.8 Å². The van der Waals surface area contributed by atoms with Crippen LogP contribution in [-0.2, 0) is 4.79 Å². The minimum Gasteiger partial charge on any atom is -0.396 e. The Labute approximate surface area is 66.8 Å². The summed E-state index contributed by atoms with van der Waals surface area (Å²) in [4.78, 5) is 10.3. The normalized spacial score (nSPS) is 11.5. The van der Waals surface area contributed by atoms with E-state index in [0.717, 1.165) is 0 Å². The molecule has 4 N–H and O–H groups in total. The van der Waals surface area contributed by atoms with Crippen LogP contribution < -0.4 is 11.1 Å². The van der Waals surface area contributed by atoms with E-state index in [1.165, 1.54) is 0 Å². The molecule has 0 heterocycles. The van der Waals surface area contributed by atoms with E-state index in [-0.39, 0.29) is 24.5 Å². The molecule has 0 radical (unpaired) electrons. The molecule has 0 saturated carbocycles. The number of amides is 1. The molecule has 0 aromatic rings. The second-order valence-electron chi connectivity index (χ2n) is 3.39. The molecule has 0 rings (SSSR count). The van der Waals surface area contributed by atoms with Gasteiger partial charge in [-0.25, -0.2) is 0 Å². The topological polar surface area (TPSA) is 75.3 Å². The molecule has 11 heavy (non-hydrogen) atoms. The van der Waals surface area contributed by atoms with Crippen LogP contribution in [0, 0.1) is 5.41 Å². The molecule has 0 aliphatic rings. The highest BCUT2D eigenvalue weighted by molar-refractivity contribution is 5.75. The number of aliphatic hydroxyl groups excluding tert-OH is 1. The maximum absolute atomic E-state index is 10.3. The van der Waals surface area contributed by atoms with E-state index >= 15 is 0 Å². The number of rotatable bonds is 5. The van der Waals surface area contributed by atoms with Gasteiger partial charge < -0.3 is 16.2 Å². The maximum atomic E-state index is 10.3. The summed E-state index contributed by atoms with van der Waals surface area (Å²) < 4.78 is 0. The first-order valence-corrected chi connectivity index (χ1v) is 3.58. The lowest BCUT2D eigenvalue weighted by atomic mass is 9.95. The van der Waals surface area contributed by atoms with Gasteiger partial charge in [-0.15, -0.1) is 0 Å². The molecule has 0 spiro atoms. The molecular weight excluding hydrogens is 144 g/mol. The summed E-state index contributed by atoms with van der Waals surface area (Å²) in [5.41, 5.74) is 4.71. The van der Waals surface area contributed by atoms with E-state index in [1.54, 1.807) is 0 Å². The van der Waals surface area contributed by atoms with Crippen molar-refractivity contribution < 1.29 is 9.90 Å². The largest absolute Gasteiger partial charge is 0.396 e. The summed E-state index contributed by atoms with van der Waals surface area (Å²) in [7, 11) is 0. The lowest BCUT2D eigenvalue weighted by Crippen LogP contribution is -2.37. The molecule has 0 aliphatic carbocycles. The number of carbonyl (C=O) groups excluding carboxylic acids is 1. The maximum Gasteiger partial charge on any atom is 0.231 e. The van der Waals surface area contributed by atoms with E-state index in [0.29, 0.717) is 6.54 Å². The average Bonchev–Trinajstić information content (AvgIpc) is 1.87. The van der Waals surface area contributed by atoms with Crippen molar-refractivity contribution in [2.45, 2.75) is 13.8 Å². The third-order valence-corrected chi connectivity index (χ3v) is 1.33. The fraction of sp³-hybridized carbons (Fsp3) is 0.857. The summed E-state index contributed by atoms with van der Waals surface area (Å²) in [5.74, 6) is -0.376. The third-order valence-electron chi connectivity index (χ3n) is 1.33. The Morgan fingerprint density at radius 1 is 1.64 bits per heavy atom. The van der Waals surface area contributed by atoms with Crippen LogP contribution in [0.25, 0.3) is 0 Å². The predicted octanol–water partition coefficient (Wildman–Crippen LogP) is -0.920. The zero-order valence-corrected chi connectivity index (χ0v) is 7.05. The molecule has 0 bridgehead atoms. The summed E-state index contributed by atoms with van der Waals surface area (Å²) in [6.45, 7) is 4.66. The fourth-order valence-corrected chi connectivity index (χ4v) is 0.580. The zero-order valence-electron chi connectivity index (χ0n) is 7.05. The Morgan fingerprint density at radius 2 is 2.18 bits per heavy atom. The Hall–Kier alpha value is -0.610. The lowest BCUT2D eigenvalue weighted by molar-refractivity contribution is -0.117. The third kappa shape index (κ3) is 5.82. The van der Waals surface area contributed by atoms with Gasteiger partial charge in [-0.3, -0.25) is 4.79 Å². The van der Waals surface area contributed by atoms with Gasteiger partial charge in [0.15, 0.2) is 0 Å². The van der Waals surface area contributed by atoms with Gasteiger partial charge in [0, 0.05) is 18.6 Å². The van der Waals surface area contributed by atoms with Crippen molar-refractivity contribution in [3.63, 3.8) is 0 Å². The van der Waals surface area contributed by atoms with Crippen molar-refractivity contribution in [3.05, 3.63) is 0 Å². The Balaban J connectivity index is 3.45. The molecule has 0 aliphatic heterocycles. The van der Waals surface area contributed by atoms with Crippen molar-refractivity contribution >= 4 is 5.91 Å². The molecule has 1 amide bonds. The number of carbonyl (C=O) groups is 1. The van der Waals surface area contributed by atoms with Gasteiger partial charge in [0.05, 0.1) is 6.54 Å². The molecule has 4 nitrogen and oxygen atoms in total. The summed E-state index contributed by atoms with van der Waals surface area (Å²) >= 11 is 0. The monoisotopic (exact) mass is 160 g/mol. The van der Waals surface area contributed by atoms with Gasteiger partial charge in [0.2, 0.25) is 5.91 Å². The molecule has 4 heteroatoms. The number of hydrogen-bond donors (Lipinski definition) is 3. The van der Waals surface area contributed by atoms with Gasteiger partial charge in [0.25, 0.3) is 0 Å². The molecule has 0 aromatic heterocycles. The van der Waals surface area contributed by atoms with Crippen LogP contribution >= 0.6 is 0 Å². The first-order valence-electron chi connectivity index (χ1n) is 3.58. The lowest BCUT2D eigenvalue weighted by Gasteiger charge is -2.21. The van der Waals surface area contributed by atoms with E-state index in [1.807, 2.05) is 13.8 Å². The van der Waals surface area contributed by atoms with Crippen LogP contribution in [0.3, 0.4) is 0 Å². The van der Waals surface area contributed by atoms with E-state index < -0.39 is 0 Å². The second-order valence-corrected chi connectivity index (χ2v) is 3.39. The molecule has 0 unspecified atom stereocenters. The number of nitrogens with two attached hydrogens (primary N) is 1. The SMILES string of the molecule is CC(C)(CO)CNCC(N)=O. The van der Waals surface area contributed by atoms with Crippen molar-refractivity contribution in [1.29, 1.82) is 0 Å². The smallest absolute Gasteiger partial charge is 0.231 e. The van der Waals surface area contributed by atoms with E-state index in [9.17, 15) is 4.79 Å². The molecule has 0 atom stereocenters. The molecule has 0 aromatic carbocycles. The molecule has 66 valence electrons. The molecule has 0 fully saturated rings. The Kier molecular flexibility index (Phi) is 4.07. The highest BCUT2D eigenvalue weighted by Gasteiger charge is 2.15. The summed E-state index contributed by atoms with van der Waals surface area (Å²) in [6.07, 6.45) is 0. The van der Waals surface area contributed by atoms with Crippen molar-refractivity contribution in [1.82, 2.24) is 5.32 Å². The standard InChI is InChI=1S/C7H16N2O2/c1-7(2,5-10)4-9-3-6(8)11/h9-10H,3-5H2,1-2H3,(H2,8,11). The first-order chi connectivity index (χ1) is 4.98. The highest BCUT2D eigenvalue weighted by atomic mass is 16.3. The predicted molar refractivity (Wildman–Crippen MR) is 42.9 cm³/mol.